The molecule has 0 saturated heterocycles. The molecule has 0 radical (unpaired) electrons. The second-order valence-corrected chi connectivity index (χ2v) is 5.99. The molecule has 0 atom stereocenters. The number of amides is 1. The lowest BCUT2D eigenvalue weighted by molar-refractivity contribution is 0.0706. The number of hydrogen-bond acceptors (Lipinski definition) is 5. The van der Waals surface area contributed by atoms with Crippen molar-refractivity contribution in [2.24, 2.45) is 4.99 Å². The standard InChI is InChI=1S/C17H10ClF2N5O2/c18-9-7-21-25-13-6-8(17(26)24-27)4-5-12(13)22-15(23-16(9)25)14-10(19)2-1-3-11(14)20/h1-7,27H,(H,22,23)(H,24,26). The zero-order valence-electron chi connectivity index (χ0n) is 13.4. The van der Waals surface area contributed by atoms with Gasteiger partial charge in [-0.2, -0.15) is 5.10 Å². The predicted octanol–water partition coefficient (Wildman–Crippen LogP) is 3.43. The van der Waals surface area contributed by atoms with E-state index >= 15 is 0 Å². The summed E-state index contributed by atoms with van der Waals surface area (Å²) in [6.45, 7) is 0. The van der Waals surface area contributed by atoms with Crippen molar-refractivity contribution in [3.05, 3.63) is 70.4 Å². The summed E-state index contributed by atoms with van der Waals surface area (Å²) in [5.41, 5.74) is 2.05. The van der Waals surface area contributed by atoms with Crippen molar-refractivity contribution in [1.82, 2.24) is 15.3 Å². The first kappa shape index (κ1) is 17.1. The Morgan fingerprint density at radius 2 is 1.96 bits per heavy atom. The van der Waals surface area contributed by atoms with E-state index in [1.807, 2.05) is 0 Å². The summed E-state index contributed by atoms with van der Waals surface area (Å²) in [4.78, 5) is 16.0. The van der Waals surface area contributed by atoms with Crippen molar-refractivity contribution in [2.75, 3.05) is 5.32 Å². The third-order valence-corrected chi connectivity index (χ3v) is 4.23. The van der Waals surface area contributed by atoms with Crippen LogP contribution in [0.15, 0.2) is 47.6 Å². The van der Waals surface area contributed by atoms with E-state index in [9.17, 15) is 13.6 Å². The van der Waals surface area contributed by atoms with Crippen LogP contribution in [0.25, 0.3) is 5.69 Å². The van der Waals surface area contributed by atoms with Crippen LogP contribution >= 0.6 is 11.6 Å². The van der Waals surface area contributed by atoms with Crippen LogP contribution in [0.4, 0.5) is 20.3 Å². The third-order valence-electron chi connectivity index (χ3n) is 3.96. The molecule has 1 amide bonds. The average molecular weight is 390 g/mol. The number of hydroxylamine groups is 1. The van der Waals surface area contributed by atoms with Gasteiger partial charge in [0.25, 0.3) is 5.91 Å². The van der Waals surface area contributed by atoms with E-state index in [2.05, 4.69) is 15.4 Å². The average Bonchev–Trinajstić information content (AvgIpc) is 2.93. The Kier molecular flexibility index (Phi) is 4.09. The topological polar surface area (TPSA) is 91.5 Å². The highest BCUT2D eigenvalue weighted by atomic mass is 35.5. The van der Waals surface area contributed by atoms with E-state index < -0.39 is 17.5 Å². The van der Waals surface area contributed by atoms with Crippen molar-refractivity contribution in [3.63, 3.8) is 0 Å². The number of nitrogens with zero attached hydrogens (tertiary/aromatic N) is 3. The van der Waals surface area contributed by atoms with Gasteiger partial charge >= 0.3 is 0 Å². The largest absolute Gasteiger partial charge is 0.338 e. The molecule has 0 bridgehead atoms. The molecule has 0 aliphatic carbocycles. The number of carbonyl (C=O) groups excluding carboxylic acids is 1. The van der Waals surface area contributed by atoms with E-state index in [0.717, 1.165) is 12.1 Å². The highest BCUT2D eigenvalue weighted by molar-refractivity contribution is 6.33. The van der Waals surface area contributed by atoms with Gasteiger partial charge in [0.2, 0.25) is 0 Å². The summed E-state index contributed by atoms with van der Waals surface area (Å²) in [6, 6.07) is 7.82. The van der Waals surface area contributed by atoms with Crippen LogP contribution in [0, 0.1) is 11.6 Å². The number of rotatable bonds is 2. The van der Waals surface area contributed by atoms with Gasteiger partial charge in [-0.15, -0.1) is 0 Å². The van der Waals surface area contributed by atoms with E-state index in [-0.39, 0.29) is 27.8 Å². The molecular formula is C17H10ClF2N5O2. The molecular weight excluding hydrogens is 380 g/mol. The summed E-state index contributed by atoms with van der Waals surface area (Å²) < 4.78 is 29.9. The van der Waals surface area contributed by atoms with Crippen LogP contribution in [-0.4, -0.2) is 26.7 Å². The minimum absolute atomic E-state index is 0.104. The number of nitrogens with one attached hydrogen (secondary N) is 2. The van der Waals surface area contributed by atoms with Gasteiger partial charge in [-0.25, -0.2) is 23.9 Å². The van der Waals surface area contributed by atoms with Crippen LogP contribution in [0.3, 0.4) is 0 Å². The van der Waals surface area contributed by atoms with E-state index in [4.69, 9.17) is 16.8 Å². The van der Waals surface area contributed by atoms with Crippen LogP contribution in [0.5, 0.6) is 0 Å². The molecule has 136 valence electrons. The lowest BCUT2D eigenvalue weighted by atomic mass is 10.1. The molecule has 3 aromatic rings. The van der Waals surface area contributed by atoms with Crippen molar-refractivity contribution in [1.29, 1.82) is 0 Å². The molecule has 0 saturated carbocycles. The molecule has 27 heavy (non-hydrogen) atoms. The molecule has 0 spiro atoms. The van der Waals surface area contributed by atoms with Crippen LogP contribution in [0.2, 0.25) is 5.02 Å². The number of halogens is 3. The van der Waals surface area contributed by atoms with Gasteiger partial charge in [0, 0.05) is 5.56 Å². The number of carbonyl (C=O) groups is 1. The van der Waals surface area contributed by atoms with Gasteiger partial charge in [-0.05, 0) is 30.3 Å². The first-order valence-electron chi connectivity index (χ1n) is 7.62. The molecule has 1 aliphatic heterocycles. The van der Waals surface area contributed by atoms with Gasteiger partial charge in [0.05, 0.1) is 23.1 Å². The van der Waals surface area contributed by atoms with Crippen LogP contribution < -0.4 is 10.8 Å². The number of benzene rings is 2. The fraction of sp³-hybridized carbons (Fsp3) is 0. The molecule has 0 fully saturated rings. The van der Waals surface area contributed by atoms with E-state index in [1.165, 1.54) is 40.6 Å². The number of fused-ring (bicyclic) bond motifs is 3. The van der Waals surface area contributed by atoms with E-state index in [1.54, 1.807) is 0 Å². The van der Waals surface area contributed by atoms with Crippen molar-refractivity contribution in [3.8, 4) is 5.69 Å². The van der Waals surface area contributed by atoms with Gasteiger partial charge in [0.1, 0.15) is 22.5 Å². The van der Waals surface area contributed by atoms with Crippen molar-refractivity contribution in [2.45, 2.75) is 0 Å². The fourth-order valence-corrected chi connectivity index (χ4v) is 2.89. The van der Waals surface area contributed by atoms with Crippen molar-refractivity contribution >= 4 is 34.8 Å². The third kappa shape index (κ3) is 2.82. The first-order valence-corrected chi connectivity index (χ1v) is 8.00. The molecule has 1 aromatic heterocycles. The minimum Gasteiger partial charge on any atom is -0.338 e. The second kappa shape index (κ2) is 6.45. The highest BCUT2D eigenvalue weighted by Crippen LogP contribution is 2.35. The summed E-state index contributed by atoms with van der Waals surface area (Å²) >= 11 is 6.13. The van der Waals surface area contributed by atoms with Gasteiger partial charge in [0.15, 0.2) is 5.82 Å². The maximum absolute atomic E-state index is 14.3. The first-order chi connectivity index (χ1) is 13.0. The van der Waals surface area contributed by atoms with E-state index in [0.29, 0.717) is 11.4 Å². The molecule has 10 heteroatoms. The highest BCUT2D eigenvalue weighted by Gasteiger charge is 2.24. The molecule has 7 nitrogen and oxygen atoms in total. The lowest BCUT2D eigenvalue weighted by Gasteiger charge is -2.12. The molecule has 2 heterocycles. The Morgan fingerprint density at radius 1 is 1.22 bits per heavy atom. The molecule has 2 aromatic carbocycles. The van der Waals surface area contributed by atoms with Gasteiger partial charge in [-0.3, -0.25) is 10.0 Å². The maximum Gasteiger partial charge on any atom is 0.274 e. The predicted molar refractivity (Wildman–Crippen MR) is 94.0 cm³/mol. The number of amidine groups is 1. The summed E-state index contributed by atoms with van der Waals surface area (Å²) in [5.74, 6) is -2.32. The summed E-state index contributed by atoms with van der Waals surface area (Å²) in [6.07, 6.45) is 1.32. The Morgan fingerprint density at radius 3 is 2.67 bits per heavy atom. The molecule has 4 rings (SSSR count). The zero-order chi connectivity index (χ0) is 19.1. The zero-order valence-corrected chi connectivity index (χ0v) is 14.1. The summed E-state index contributed by atoms with van der Waals surface area (Å²) in [7, 11) is 0. The monoisotopic (exact) mass is 389 g/mol. The smallest absolute Gasteiger partial charge is 0.274 e. The van der Waals surface area contributed by atoms with Gasteiger partial charge in [-0.1, -0.05) is 17.7 Å². The molecule has 3 N–H and O–H groups in total. The minimum atomic E-state index is -0.803. The Hall–Kier alpha value is -3.30. The van der Waals surface area contributed by atoms with Crippen molar-refractivity contribution < 1.29 is 18.8 Å². The SMILES string of the molecule is O=C(NO)c1ccc2c(c1)-n1ncc(Cl)c1N=C(c1c(F)cccc1F)N2. The lowest BCUT2D eigenvalue weighted by Crippen LogP contribution is -2.20. The number of aromatic nitrogens is 2. The van der Waals surface area contributed by atoms with Gasteiger partial charge < -0.3 is 5.32 Å². The Balaban J connectivity index is 1.95. The maximum atomic E-state index is 14.3. The molecule has 1 aliphatic rings. The Labute approximate surface area is 155 Å². The quantitative estimate of drug-likeness (QED) is 0.462. The van der Waals surface area contributed by atoms with Crippen LogP contribution in [-0.2, 0) is 0 Å². The molecule has 0 unspecified atom stereocenters. The number of anilines is 1. The Bertz CT molecular complexity index is 1090. The fourth-order valence-electron chi connectivity index (χ4n) is 2.72. The normalized spacial score (nSPS) is 12.4. The summed E-state index contributed by atoms with van der Waals surface area (Å²) in [5, 5.41) is 16.0. The number of hydrogen-bond donors (Lipinski definition) is 3. The van der Waals surface area contributed by atoms with Crippen LogP contribution in [0.1, 0.15) is 15.9 Å². The second-order valence-electron chi connectivity index (χ2n) is 5.58. The number of aliphatic imine (C=N–C) groups is 1.